The first kappa shape index (κ1) is 15.6. The quantitative estimate of drug-likeness (QED) is 0.788. The first-order chi connectivity index (χ1) is 9.74. The number of halogens is 1. The topological polar surface area (TPSA) is 73.5 Å². The molecule has 0 aliphatic carbocycles. The Morgan fingerprint density at radius 1 is 1.24 bits per heavy atom. The third kappa shape index (κ3) is 3.46. The summed E-state index contributed by atoms with van der Waals surface area (Å²) in [7, 11) is 0. The maximum atomic E-state index is 12.0. The van der Waals surface area contributed by atoms with E-state index in [4.69, 9.17) is 0 Å². The van der Waals surface area contributed by atoms with Gasteiger partial charge < -0.3 is 16.0 Å². The smallest absolute Gasteiger partial charge is 0.321 e. The number of carbonyl (C=O) groups is 2. The molecule has 2 heterocycles. The Bertz CT molecular complexity index is 514. The van der Waals surface area contributed by atoms with E-state index in [9.17, 15) is 9.59 Å². The summed E-state index contributed by atoms with van der Waals surface area (Å²) in [6.07, 6.45) is 1.93. The van der Waals surface area contributed by atoms with Crippen molar-refractivity contribution in [3.63, 3.8) is 0 Å². The van der Waals surface area contributed by atoms with Gasteiger partial charge in [-0.1, -0.05) is 0 Å². The summed E-state index contributed by atoms with van der Waals surface area (Å²) in [6, 6.07) is 7.20. The van der Waals surface area contributed by atoms with E-state index in [-0.39, 0.29) is 30.4 Å². The van der Waals surface area contributed by atoms with E-state index >= 15 is 0 Å². The molecule has 0 bridgehead atoms. The molecule has 1 aromatic carbocycles. The standard InChI is InChI=1S/C14H18N4O2.ClH/c19-13(12-2-1-7-15-12)17-10-3-5-11(6-4-10)18-9-8-16-14(18)20;/h3-6,12,15H,1-2,7-9H2,(H,16,20)(H,17,19);1H/t12-;/m0./s1. The molecule has 6 nitrogen and oxygen atoms in total. The number of amides is 3. The second-order valence-corrected chi connectivity index (χ2v) is 5.07. The van der Waals surface area contributed by atoms with Gasteiger partial charge in [-0.05, 0) is 43.7 Å². The monoisotopic (exact) mass is 310 g/mol. The fourth-order valence-electron chi connectivity index (χ4n) is 2.58. The lowest BCUT2D eigenvalue weighted by atomic mass is 10.2. The van der Waals surface area contributed by atoms with Gasteiger partial charge in [0.15, 0.2) is 0 Å². The normalized spacial score (nSPS) is 20.9. The molecule has 2 aliphatic rings. The van der Waals surface area contributed by atoms with Crippen LogP contribution in [0.25, 0.3) is 0 Å². The van der Waals surface area contributed by atoms with Crippen LogP contribution in [0.15, 0.2) is 24.3 Å². The van der Waals surface area contributed by atoms with Gasteiger partial charge in [0.2, 0.25) is 5.91 Å². The van der Waals surface area contributed by atoms with Crippen LogP contribution < -0.4 is 20.9 Å². The Balaban J connectivity index is 0.00000161. The largest absolute Gasteiger partial charge is 0.336 e. The first-order valence-corrected chi connectivity index (χ1v) is 6.94. The summed E-state index contributed by atoms with van der Waals surface area (Å²) in [5.74, 6) is 0.00849. The molecular weight excluding hydrogens is 292 g/mol. The number of nitrogens with zero attached hydrogens (tertiary/aromatic N) is 1. The molecule has 2 saturated heterocycles. The highest BCUT2D eigenvalue weighted by Gasteiger charge is 2.23. The fourth-order valence-corrected chi connectivity index (χ4v) is 2.58. The summed E-state index contributed by atoms with van der Waals surface area (Å²) in [5, 5.41) is 8.82. The van der Waals surface area contributed by atoms with Crippen LogP contribution in [0.1, 0.15) is 12.8 Å². The lowest BCUT2D eigenvalue weighted by Gasteiger charge is -2.15. The molecule has 3 amide bonds. The molecule has 0 saturated carbocycles. The van der Waals surface area contributed by atoms with Crippen LogP contribution in [-0.2, 0) is 4.79 Å². The van der Waals surface area contributed by atoms with Crippen LogP contribution >= 0.6 is 12.4 Å². The third-order valence-electron chi connectivity index (χ3n) is 3.68. The molecule has 1 atom stereocenters. The number of urea groups is 1. The summed E-state index contributed by atoms with van der Waals surface area (Å²) in [5.41, 5.74) is 1.60. The zero-order valence-corrected chi connectivity index (χ0v) is 12.4. The van der Waals surface area contributed by atoms with E-state index in [1.54, 1.807) is 4.90 Å². The van der Waals surface area contributed by atoms with Gasteiger partial charge in [0.05, 0.1) is 6.04 Å². The SMILES string of the molecule is Cl.O=C(Nc1ccc(N2CCNC2=O)cc1)[C@@H]1CCCN1. The van der Waals surface area contributed by atoms with Crippen molar-refractivity contribution in [3.05, 3.63) is 24.3 Å². The molecule has 2 fully saturated rings. The second kappa shape index (κ2) is 6.78. The summed E-state index contributed by atoms with van der Waals surface area (Å²) >= 11 is 0. The average molecular weight is 311 g/mol. The highest BCUT2D eigenvalue weighted by atomic mass is 35.5. The van der Waals surface area contributed by atoms with E-state index < -0.39 is 0 Å². The van der Waals surface area contributed by atoms with Crippen LogP contribution in [0.3, 0.4) is 0 Å². The number of anilines is 2. The van der Waals surface area contributed by atoms with Crippen LogP contribution in [-0.4, -0.2) is 37.6 Å². The van der Waals surface area contributed by atoms with Crippen molar-refractivity contribution in [2.24, 2.45) is 0 Å². The van der Waals surface area contributed by atoms with Crippen molar-refractivity contribution >= 4 is 35.7 Å². The number of carbonyl (C=O) groups excluding carboxylic acids is 2. The second-order valence-electron chi connectivity index (χ2n) is 5.07. The molecule has 0 aromatic heterocycles. The van der Waals surface area contributed by atoms with Crippen molar-refractivity contribution in [1.82, 2.24) is 10.6 Å². The molecule has 0 unspecified atom stereocenters. The number of hydrogen-bond acceptors (Lipinski definition) is 3. The zero-order chi connectivity index (χ0) is 13.9. The van der Waals surface area contributed by atoms with Gasteiger partial charge in [0, 0.05) is 24.5 Å². The van der Waals surface area contributed by atoms with Crippen molar-refractivity contribution in [2.45, 2.75) is 18.9 Å². The molecule has 2 aliphatic heterocycles. The van der Waals surface area contributed by atoms with E-state index in [2.05, 4.69) is 16.0 Å². The Morgan fingerprint density at radius 3 is 2.57 bits per heavy atom. The average Bonchev–Trinajstić information content (AvgIpc) is 3.11. The van der Waals surface area contributed by atoms with Crippen LogP contribution in [0.5, 0.6) is 0 Å². The summed E-state index contributed by atoms with van der Waals surface area (Å²) in [4.78, 5) is 25.2. The van der Waals surface area contributed by atoms with E-state index in [1.165, 1.54) is 0 Å². The number of rotatable bonds is 3. The predicted molar refractivity (Wildman–Crippen MR) is 84.1 cm³/mol. The van der Waals surface area contributed by atoms with Crippen LogP contribution in [0.2, 0.25) is 0 Å². The minimum atomic E-state index is -0.0842. The Kier molecular flexibility index (Phi) is 5.03. The molecular formula is C14H19ClN4O2. The van der Waals surface area contributed by atoms with Gasteiger partial charge in [-0.3, -0.25) is 9.69 Å². The highest BCUT2D eigenvalue weighted by Crippen LogP contribution is 2.20. The Labute approximate surface area is 129 Å². The molecule has 3 N–H and O–H groups in total. The van der Waals surface area contributed by atoms with Gasteiger partial charge >= 0.3 is 6.03 Å². The van der Waals surface area contributed by atoms with Crippen molar-refractivity contribution in [1.29, 1.82) is 0 Å². The van der Waals surface area contributed by atoms with E-state index in [0.29, 0.717) is 13.1 Å². The van der Waals surface area contributed by atoms with Gasteiger partial charge in [-0.25, -0.2) is 4.79 Å². The lowest BCUT2D eigenvalue weighted by Crippen LogP contribution is -2.35. The molecule has 114 valence electrons. The summed E-state index contributed by atoms with van der Waals surface area (Å²) in [6.45, 7) is 2.25. The molecule has 1 aromatic rings. The molecule has 21 heavy (non-hydrogen) atoms. The van der Waals surface area contributed by atoms with Crippen LogP contribution in [0.4, 0.5) is 16.2 Å². The minimum Gasteiger partial charge on any atom is -0.336 e. The zero-order valence-electron chi connectivity index (χ0n) is 11.6. The lowest BCUT2D eigenvalue weighted by molar-refractivity contribution is -0.117. The van der Waals surface area contributed by atoms with Crippen molar-refractivity contribution in [2.75, 3.05) is 29.9 Å². The van der Waals surface area contributed by atoms with Crippen molar-refractivity contribution in [3.8, 4) is 0 Å². The molecule has 0 spiro atoms. The van der Waals surface area contributed by atoms with Crippen molar-refractivity contribution < 1.29 is 9.59 Å². The van der Waals surface area contributed by atoms with Gasteiger partial charge in [-0.15, -0.1) is 12.4 Å². The molecule has 0 radical (unpaired) electrons. The Morgan fingerprint density at radius 2 is 2.00 bits per heavy atom. The maximum absolute atomic E-state index is 12.0. The number of nitrogens with one attached hydrogen (secondary N) is 3. The van der Waals surface area contributed by atoms with Gasteiger partial charge in [-0.2, -0.15) is 0 Å². The molecule has 7 heteroatoms. The van der Waals surface area contributed by atoms with Crippen LogP contribution in [0, 0.1) is 0 Å². The maximum Gasteiger partial charge on any atom is 0.321 e. The third-order valence-corrected chi connectivity index (χ3v) is 3.68. The summed E-state index contributed by atoms with van der Waals surface area (Å²) < 4.78 is 0. The highest BCUT2D eigenvalue weighted by molar-refractivity contribution is 5.96. The van der Waals surface area contributed by atoms with E-state index in [0.717, 1.165) is 30.8 Å². The molecule has 3 rings (SSSR count). The van der Waals surface area contributed by atoms with Gasteiger partial charge in [0.25, 0.3) is 0 Å². The number of benzene rings is 1. The van der Waals surface area contributed by atoms with Gasteiger partial charge in [0.1, 0.15) is 0 Å². The first-order valence-electron chi connectivity index (χ1n) is 6.94. The Hall–Kier alpha value is -1.79. The number of hydrogen-bond donors (Lipinski definition) is 3. The minimum absolute atomic E-state index is 0. The fraction of sp³-hybridized carbons (Fsp3) is 0.429. The van der Waals surface area contributed by atoms with E-state index in [1.807, 2.05) is 24.3 Å². The predicted octanol–water partition coefficient (Wildman–Crippen LogP) is 1.33.